The molecule has 1 saturated heterocycles. The van der Waals surface area contributed by atoms with Crippen LogP contribution in [0.3, 0.4) is 0 Å². The Hall–Kier alpha value is -0.450. The summed E-state index contributed by atoms with van der Waals surface area (Å²) in [4.78, 5) is 15.3. The molecular weight excluding hydrogens is 339 g/mol. The average Bonchev–Trinajstić information content (AvgIpc) is 2.35. The van der Waals surface area contributed by atoms with Gasteiger partial charge in [-0.1, -0.05) is 23.2 Å². The average molecular weight is 352 g/mol. The first-order chi connectivity index (χ1) is 8.49. The van der Waals surface area contributed by atoms with Crippen molar-refractivity contribution in [3.63, 3.8) is 0 Å². The Labute approximate surface area is 125 Å². The summed E-state index contributed by atoms with van der Waals surface area (Å²) in [6.45, 7) is 4.67. The number of hydrogen-bond acceptors (Lipinski definition) is 2. The molecule has 0 atom stereocenters. The molecule has 1 aliphatic rings. The zero-order valence-corrected chi connectivity index (χ0v) is 13.0. The third-order valence-corrected chi connectivity index (χ3v) is 4.97. The first-order valence-electron chi connectivity index (χ1n) is 5.64. The van der Waals surface area contributed by atoms with Crippen LogP contribution in [0.1, 0.15) is 6.92 Å². The van der Waals surface area contributed by atoms with Gasteiger partial charge in [0.25, 0.3) is 0 Å². The van der Waals surface area contributed by atoms with Crippen LogP contribution >= 0.6 is 39.1 Å². The molecule has 1 fully saturated rings. The number of carbonyl (C=O) groups excluding carboxylic acids is 1. The molecule has 1 amide bonds. The predicted octanol–water partition coefficient (Wildman–Crippen LogP) is 3.42. The van der Waals surface area contributed by atoms with Crippen LogP contribution in [0, 0.1) is 0 Å². The Morgan fingerprint density at radius 2 is 1.67 bits per heavy atom. The lowest BCUT2D eigenvalue weighted by atomic mass is 10.2. The second-order valence-electron chi connectivity index (χ2n) is 4.22. The molecule has 1 aromatic carbocycles. The fraction of sp³-hybridized carbons (Fsp3) is 0.417. The number of halogens is 3. The highest BCUT2D eigenvalue weighted by Crippen LogP contribution is 2.35. The van der Waals surface area contributed by atoms with Crippen molar-refractivity contribution in [3.05, 3.63) is 26.7 Å². The van der Waals surface area contributed by atoms with Gasteiger partial charge >= 0.3 is 0 Å². The monoisotopic (exact) mass is 350 g/mol. The third kappa shape index (κ3) is 2.92. The standard InChI is InChI=1S/C12H13BrCl2N2O/c1-8(18)16-2-4-17(5-3-16)9-6-10(14)12(13)11(15)7-9/h6-7H,2-5H2,1H3. The van der Waals surface area contributed by atoms with Crippen molar-refractivity contribution >= 4 is 50.7 Å². The van der Waals surface area contributed by atoms with Gasteiger partial charge in [0.05, 0.1) is 14.5 Å². The predicted molar refractivity (Wildman–Crippen MR) is 78.6 cm³/mol. The van der Waals surface area contributed by atoms with Gasteiger partial charge in [-0.15, -0.1) is 0 Å². The van der Waals surface area contributed by atoms with Gasteiger partial charge in [-0.25, -0.2) is 0 Å². The fourth-order valence-electron chi connectivity index (χ4n) is 2.00. The van der Waals surface area contributed by atoms with Gasteiger partial charge in [0.2, 0.25) is 5.91 Å². The Balaban J connectivity index is 2.12. The molecule has 18 heavy (non-hydrogen) atoms. The highest BCUT2D eigenvalue weighted by atomic mass is 79.9. The summed E-state index contributed by atoms with van der Waals surface area (Å²) in [7, 11) is 0. The van der Waals surface area contributed by atoms with Crippen molar-refractivity contribution in [2.45, 2.75) is 6.92 Å². The van der Waals surface area contributed by atoms with Crippen LogP contribution < -0.4 is 4.90 Å². The summed E-state index contributed by atoms with van der Waals surface area (Å²) in [6.07, 6.45) is 0. The number of piperazine rings is 1. The summed E-state index contributed by atoms with van der Waals surface area (Å²) >= 11 is 15.5. The number of nitrogens with zero attached hydrogens (tertiary/aromatic N) is 2. The maximum Gasteiger partial charge on any atom is 0.219 e. The van der Waals surface area contributed by atoms with Crippen molar-refractivity contribution in [2.24, 2.45) is 0 Å². The molecule has 0 spiro atoms. The maximum atomic E-state index is 11.3. The number of carbonyl (C=O) groups is 1. The number of anilines is 1. The van der Waals surface area contributed by atoms with Crippen LogP contribution in [0.25, 0.3) is 0 Å². The van der Waals surface area contributed by atoms with Crippen molar-refractivity contribution in [3.8, 4) is 0 Å². The van der Waals surface area contributed by atoms with E-state index in [2.05, 4.69) is 20.8 Å². The molecule has 2 rings (SSSR count). The van der Waals surface area contributed by atoms with E-state index in [1.165, 1.54) is 0 Å². The molecule has 0 bridgehead atoms. The van der Waals surface area contributed by atoms with E-state index in [0.717, 1.165) is 36.3 Å². The maximum absolute atomic E-state index is 11.3. The van der Waals surface area contributed by atoms with E-state index < -0.39 is 0 Å². The Kier molecular flexibility index (Phi) is 4.41. The topological polar surface area (TPSA) is 23.6 Å². The zero-order chi connectivity index (χ0) is 13.3. The Morgan fingerprint density at radius 1 is 1.17 bits per heavy atom. The summed E-state index contributed by atoms with van der Waals surface area (Å²) in [5.41, 5.74) is 0.997. The second-order valence-corrected chi connectivity index (χ2v) is 5.82. The van der Waals surface area contributed by atoms with Gasteiger partial charge in [-0.3, -0.25) is 4.79 Å². The molecule has 0 N–H and O–H groups in total. The molecule has 3 nitrogen and oxygen atoms in total. The van der Waals surface area contributed by atoms with Crippen molar-refractivity contribution < 1.29 is 4.79 Å². The van der Waals surface area contributed by atoms with Gasteiger partial charge in [0.15, 0.2) is 0 Å². The molecule has 98 valence electrons. The number of rotatable bonds is 1. The summed E-state index contributed by atoms with van der Waals surface area (Å²) in [5.74, 6) is 0.126. The first-order valence-corrected chi connectivity index (χ1v) is 7.19. The molecule has 6 heteroatoms. The highest BCUT2D eigenvalue weighted by molar-refractivity contribution is 9.10. The molecule has 1 heterocycles. The third-order valence-electron chi connectivity index (χ3n) is 3.06. The van der Waals surface area contributed by atoms with Gasteiger partial charge < -0.3 is 9.80 Å². The smallest absolute Gasteiger partial charge is 0.219 e. The quantitative estimate of drug-likeness (QED) is 0.724. The molecule has 0 aromatic heterocycles. The lowest BCUT2D eigenvalue weighted by Crippen LogP contribution is -2.48. The minimum atomic E-state index is 0.126. The van der Waals surface area contributed by atoms with Crippen LogP contribution in [-0.2, 0) is 4.79 Å². The molecule has 0 saturated carbocycles. The van der Waals surface area contributed by atoms with E-state index in [0.29, 0.717) is 10.0 Å². The highest BCUT2D eigenvalue weighted by Gasteiger charge is 2.19. The summed E-state index contributed by atoms with van der Waals surface area (Å²) < 4.78 is 0.719. The van der Waals surface area contributed by atoms with E-state index in [1.807, 2.05) is 17.0 Å². The fourth-order valence-corrected chi connectivity index (χ4v) is 2.71. The van der Waals surface area contributed by atoms with Crippen molar-refractivity contribution in [1.82, 2.24) is 4.90 Å². The van der Waals surface area contributed by atoms with Crippen molar-refractivity contribution in [1.29, 1.82) is 0 Å². The molecule has 0 radical (unpaired) electrons. The van der Waals surface area contributed by atoms with E-state index in [9.17, 15) is 4.79 Å². The normalized spacial score (nSPS) is 16.0. The van der Waals surface area contributed by atoms with Crippen LogP contribution in [0.15, 0.2) is 16.6 Å². The SMILES string of the molecule is CC(=O)N1CCN(c2cc(Cl)c(Br)c(Cl)c2)CC1. The van der Waals surface area contributed by atoms with Crippen molar-refractivity contribution in [2.75, 3.05) is 31.1 Å². The van der Waals surface area contributed by atoms with Crippen LogP contribution in [-0.4, -0.2) is 37.0 Å². The first kappa shape index (κ1) is 14.0. The van der Waals surface area contributed by atoms with E-state index >= 15 is 0 Å². The van der Waals surface area contributed by atoms with E-state index in [1.54, 1.807) is 6.92 Å². The van der Waals surface area contributed by atoms with Gasteiger partial charge in [0.1, 0.15) is 0 Å². The van der Waals surface area contributed by atoms with Crippen LogP contribution in [0.5, 0.6) is 0 Å². The lowest BCUT2D eigenvalue weighted by molar-refractivity contribution is -0.129. The molecular formula is C12H13BrCl2N2O. The van der Waals surface area contributed by atoms with E-state index in [-0.39, 0.29) is 5.91 Å². The van der Waals surface area contributed by atoms with Crippen LogP contribution in [0.2, 0.25) is 10.0 Å². The molecule has 0 unspecified atom stereocenters. The van der Waals surface area contributed by atoms with Gasteiger partial charge in [0, 0.05) is 38.8 Å². The minimum Gasteiger partial charge on any atom is -0.368 e. The van der Waals surface area contributed by atoms with Gasteiger partial charge in [-0.2, -0.15) is 0 Å². The second kappa shape index (κ2) is 5.68. The number of benzene rings is 1. The minimum absolute atomic E-state index is 0.126. The van der Waals surface area contributed by atoms with Gasteiger partial charge in [-0.05, 0) is 28.1 Å². The zero-order valence-electron chi connectivity index (χ0n) is 9.92. The largest absolute Gasteiger partial charge is 0.368 e. The molecule has 0 aliphatic carbocycles. The summed E-state index contributed by atoms with van der Waals surface area (Å²) in [5, 5.41) is 1.21. The molecule has 1 aliphatic heterocycles. The summed E-state index contributed by atoms with van der Waals surface area (Å²) in [6, 6.07) is 3.78. The number of amides is 1. The van der Waals surface area contributed by atoms with E-state index in [4.69, 9.17) is 23.2 Å². The Morgan fingerprint density at radius 3 is 2.11 bits per heavy atom. The number of hydrogen-bond donors (Lipinski definition) is 0. The molecule has 1 aromatic rings. The Bertz CT molecular complexity index is 450. The lowest BCUT2D eigenvalue weighted by Gasteiger charge is -2.35. The van der Waals surface area contributed by atoms with Crippen LogP contribution in [0.4, 0.5) is 5.69 Å².